The third-order valence-electron chi connectivity index (χ3n) is 4.14. The number of benzene rings is 1. The summed E-state index contributed by atoms with van der Waals surface area (Å²) in [5, 5.41) is 1.06. The molecule has 1 aromatic carbocycles. The van der Waals surface area contributed by atoms with Gasteiger partial charge in [0.1, 0.15) is 0 Å². The van der Waals surface area contributed by atoms with E-state index in [0.717, 1.165) is 35.1 Å². The molecule has 1 fully saturated rings. The van der Waals surface area contributed by atoms with Gasteiger partial charge in [-0.2, -0.15) is 0 Å². The molecule has 0 spiro atoms. The lowest BCUT2D eigenvalue weighted by Gasteiger charge is -2.39. The minimum absolute atomic E-state index is 0.389. The summed E-state index contributed by atoms with van der Waals surface area (Å²) in [5.74, 6) is 0. The summed E-state index contributed by atoms with van der Waals surface area (Å²) in [5.41, 5.74) is 3.10. The summed E-state index contributed by atoms with van der Waals surface area (Å²) in [6, 6.07) is 8.50. The molecule has 2 aliphatic heterocycles. The molecule has 0 saturated carbocycles. The largest absolute Gasteiger partial charge is 0.357 e. The highest BCUT2D eigenvalue weighted by molar-refractivity contribution is 5.85. The Bertz CT molecular complexity index is 632. The summed E-state index contributed by atoms with van der Waals surface area (Å²) >= 11 is 0. The van der Waals surface area contributed by atoms with E-state index in [2.05, 4.69) is 16.0 Å². The van der Waals surface area contributed by atoms with Crippen LogP contribution in [0.2, 0.25) is 0 Å². The van der Waals surface area contributed by atoms with Crippen LogP contribution in [0.15, 0.2) is 24.3 Å². The van der Waals surface area contributed by atoms with Gasteiger partial charge in [-0.1, -0.05) is 24.6 Å². The van der Waals surface area contributed by atoms with Crippen molar-refractivity contribution < 1.29 is 2.74 Å². The minimum Gasteiger partial charge on any atom is -0.357 e. The van der Waals surface area contributed by atoms with Crippen molar-refractivity contribution in [2.24, 2.45) is 0 Å². The predicted octanol–water partition coefficient (Wildman–Crippen LogP) is 3.25. The van der Waals surface area contributed by atoms with Crippen LogP contribution in [-0.2, 0) is 6.37 Å². The van der Waals surface area contributed by atoms with Crippen LogP contribution in [0.1, 0.15) is 39.3 Å². The first-order chi connectivity index (χ1) is 9.17. The number of rotatable bonds is 0. The first-order valence-corrected chi connectivity index (χ1v) is 6.52. The van der Waals surface area contributed by atoms with Gasteiger partial charge in [0.25, 0.3) is 0 Å². The van der Waals surface area contributed by atoms with Crippen LogP contribution in [-0.4, -0.2) is 23.0 Å². The molecule has 0 aliphatic carbocycles. The lowest BCUT2D eigenvalue weighted by molar-refractivity contribution is 0.136. The molecule has 1 aromatic heterocycles. The fraction of sp³-hybridized carbons (Fsp3) is 0.467. The normalized spacial score (nSPS) is 29.3. The SMILES string of the molecule is [2H]C1([2H])CN2CCCCC2c2[nH]c3ccccc3c21. The summed E-state index contributed by atoms with van der Waals surface area (Å²) in [6.07, 6.45) is 2.35. The maximum Gasteiger partial charge on any atom is 0.0501 e. The number of hydrogen-bond acceptors (Lipinski definition) is 1. The van der Waals surface area contributed by atoms with Gasteiger partial charge < -0.3 is 4.98 Å². The number of nitrogens with zero attached hydrogens (tertiary/aromatic N) is 1. The van der Waals surface area contributed by atoms with E-state index >= 15 is 0 Å². The molecular weight excluding hydrogens is 208 g/mol. The number of aromatic nitrogens is 1. The van der Waals surface area contributed by atoms with Crippen LogP contribution >= 0.6 is 0 Å². The monoisotopic (exact) mass is 228 g/mol. The number of piperidine rings is 1. The van der Waals surface area contributed by atoms with E-state index in [1.54, 1.807) is 0 Å². The topological polar surface area (TPSA) is 19.0 Å². The van der Waals surface area contributed by atoms with Crippen molar-refractivity contribution >= 4 is 10.9 Å². The van der Waals surface area contributed by atoms with Crippen molar-refractivity contribution in [3.63, 3.8) is 0 Å². The summed E-state index contributed by atoms with van der Waals surface area (Å²) in [4.78, 5) is 5.81. The summed E-state index contributed by atoms with van der Waals surface area (Å²) < 4.78 is 16.9. The van der Waals surface area contributed by atoms with Crippen LogP contribution < -0.4 is 0 Å². The van der Waals surface area contributed by atoms with Crippen molar-refractivity contribution in [2.75, 3.05) is 13.1 Å². The standard InChI is InChI=1S/C15H18N2/c1-2-6-13-11(5-1)12-8-10-17-9-4-3-7-14(17)15(12)16-13/h1-2,5-6,14,16H,3-4,7-10H2/i8D2. The van der Waals surface area contributed by atoms with Crippen molar-refractivity contribution in [3.05, 3.63) is 35.5 Å². The second-order valence-electron chi connectivity index (χ2n) is 5.12. The van der Waals surface area contributed by atoms with Gasteiger partial charge in [0.15, 0.2) is 0 Å². The molecule has 0 bridgehead atoms. The zero-order chi connectivity index (χ0) is 13.0. The molecule has 2 nitrogen and oxygen atoms in total. The maximum absolute atomic E-state index is 8.43. The highest BCUT2D eigenvalue weighted by Gasteiger charge is 2.31. The number of H-pyrrole nitrogens is 1. The van der Waals surface area contributed by atoms with E-state index < -0.39 is 6.37 Å². The fourth-order valence-corrected chi connectivity index (χ4v) is 3.29. The zero-order valence-electron chi connectivity index (χ0n) is 11.9. The second kappa shape index (κ2) is 3.61. The fourth-order valence-electron chi connectivity index (χ4n) is 3.29. The third kappa shape index (κ3) is 1.37. The first kappa shape index (κ1) is 7.93. The molecule has 0 amide bonds. The molecule has 17 heavy (non-hydrogen) atoms. The van der Waals surface area contributed by atoms with Crippen LogP contribution in [0.4, 0.5) is 0 Å². The molecular formula is C15H18N2. The van der Waals surface area contributed by atoms with Crippen molar-refractivity contribution in [1.82, 2.24) is 9.88 Å². The summed E-state index contributed by atoms with van der Waals surface area (Å²) in [7, 11) is 0. The quantitative estimate of drug-likeness (QED) is 0.733. The molecule has 4 rings (SSSR count). The van der Waals surface area contributed by atoms with Gasteiger partial charge in [-0.3, -0.25) is 4.90 Å². The number of nitrogens with one attached hydrogen (secondary N) is 1. The zero-order valence-corrected chi connectivity index (χ0v) is 9.87. The molecule has 2 heteroatoms. The molecule has 2 aromatic rings. The minimum atomic E-state index is -1.25. The molecule has 1 unspecified atom stereocenters. The highest BCUT2D eigenvalue weighted by Crippen LogP contribution is 2.38. The Labute approximate surface area is 104 Å². The van der Waals surface area contributed by atoms with E-state index in [1.165, 1.54) is 12.8 Å². The van der Waals surface area contributed by atoms with Crippen LogP contribution in [0.5, 0.6) is 0 Å². The Hall–Kier alpha value is -1.28. The molecule has 1 saturated heterocycles. The molecule has 0 radical (unpaired) electrons. The van der Waals surface area contributed by atoms with E-state index in [0.29, 0.717) is 12.6 Å². The van der Waals surface area contributed by atoms with Crippen LogP contribution in [0, 0.1) is 0 Å². The molecule has 1 N–H and O–H groups in total. The van der Waals surface area contributed by atoms with Crippen molar-refractivity contribution in [3.8, 4) is 0 Å². The van der Waals surface area contributed by atoms with Gasteiger partial charge in [0, 0.05) is 25.9 Å². The summed E-state index contributed by atoms with van der Waals surface area (Å²) in [6.45, 7) is 1.56. The van der Waals surface area contributed by atoms with Gasteiger partial charge in [0.05, 0.1) is 6.04 Å². The van der Waals surface area contributed by atoms with E-state index in [4.69, 9.17) is 2.74 Å². The predicted molar refractivity (Wildman–Crippen MR) is 70.2 cm³/mol. The Balaban J connectivity index is 1.98. The Morgan fingerprint density at radius 1 is 1.24 bits per heavy atom. The average Bonchev–Trinajstić information content (AvgIpc) is 2.78. The number of aromatic amines is 1. The smallest absolute Gasteiger partial charge is 0.0501 e. The van der Waals surface area contributed by atoms with Crippen molar-refractivity contribution in [2.45, 2.75) is 31.7 Å². The van der Waals surface area contributed by atoms with E-state index in [-0.39, 0.29) is 0 Å². The van der Waals surface area contributed by atoms with Gasteiger partial charge >= 0.3 is 0 Å². The second-order valence-corrected chi connectivity index (χ2v) is 5.12. The lowest BCUT2D eigenvalue weighted by Crippen LogP contribution is -2.38. The van der Waals surface area contributed by atoms with Crippen molar-refractivity contribution in [1.29, 1.82) is 0 Å². The van der Waals surface area contributed by atoms with Crippen LogP contribution in [0.25, 0.3) is 10.9 Å². The Morgan fingerprint density at radius 3 is 3.18 bits per heavy atom. The third-order valence-corrected chi connectivity index (χ3v) is 4.14. The molecule has 88 valence electrons. The van der Waals surface area contributed by atoms with Gasteiger partial charge in [-0.05, 0) is 37.4 Å². The molecule has 3 heterocycles. The van der Waals surface area contributed by atoms with E-state index in [1.807, 2.05) is 18.2 Å². The highest BCUT2D eigenvalue weighted by atomic mass is 15.2. The first-order valence-electron chi connectivity index (χ1n) is 7.52. The lowest BCUT2D eigenvalue weighted by atomic mass is 9.91. The molecule has 2 aliphatic rings. The number of hydrogen-bond donors (Lipinski definition) is 1. The number of para-hydroxylation sites is 1. The van der Waals surface area contributed by atoms with Gasteiger partial charge in [0.2, 0.25) is 0 Å². The van der Waals surface area contributed by atoms with Crippen LogP contribution in [0.3, 0.4) is 0 Å². The van der Waals surface area contributed by atoms with E-state index in [9.17, 15) is 0 Å². The Morgan fingerprint density at radius 2 is 2.18 bits per heavy atom. The van der Waals surface area contributed by atoms with Gasteiger partial charge in [-0.15, -0.1) is 0 Å². The Kier molecular flexibility index (Phi) is 1.68. The number of fused-ring (bicyclic) bond motifs is 5. The average molecular weight is 228 g/mol. The maximum atomic E-state index is 8.43. The molecule has 1 atom stereocenters. The van der Waals surface area contributed by atoms with Gasteiger partial charge in [-0.25, -0.2) is 0 Å².